The van der Waals surface area contributed by atoms with Crippen LogP contribution in [0.15, 0.2) is 57.6 Å². The number of anilines is 1. The number of nitrogens with one attached hydrogen (secondary N) is 1. The topological polar surface area (TPSA) is 64.4 Å². The molecule has 2 aliphatic rings. The molecule has 0 amide bonds. The molecule has 0 saturated carbocycles. The highest BCUT2D eigenvalue weighted by atomic mass is 32.1. The lowest BCUT2D eigenvalue weighted by molar-refractivity contribution is -0.116. The molecule has 0 saturated heterocycles. The minimum Gasteiger partial charge on any atom is -0.497 e. The molecule has 142 valence electrons. The maximum atomic E-state index is 13.3. The van der Waals surface area contributed by atoms with Crippen molar-refractivity contribution in [2.75, 3.05) is 12.4 Å². The van der Waals surface area contributed by atoms with Crippen molar-refractivity contribution in [3.63, 3.8) is 0 Å². The molecule has 1 aromatic carbocycles. The van der Waals surface area contributed by atoms with E-state index in [1.54, 1.807) is 18.4 Å². The summed E-state index contributed by atoms with van der Waals surface area (Å²) in [5.74, 6) is 1.72. The number of rotatable bonds is 3. The molecule has 5 nitrogen and oxygen atoms in total. The Kier molecular flexibility index (Phi) is 4.09. The van der Waals surface area contributed by atoms with Crippen LogP contribution in [0.1, 0.15) is 46.4 Å². The number of fused-ring (bicyclic) bond motifs is 1. The number of nitrogens with zero attached hydrogens (tertiary/aromatic N) is 1. The van der Waals surface area contributed by atoms with Crippen molar-refractivity contribution < 1.29 is 14.1 Å². The van der Waals surface area contributed by atoms with Gasteiger partial charge < -0.3 is 14.6 Å². The molecule has 3 heterocycles. The molecule has 2 aromatic heterocycles. The number of hydrogen-bond donors (Lipinski definition) is 1. The first-order chi connectivity index (χ1) is 13.7. The Morgan fingerprint density at radius 3 is 2.75 bits per heavy atom. The molecule has 0 unspecified atom stereocenters. The van der Waals surface area contributed by atoms with E-state index in [0.717, 1.165) is 45.1 Å². The number of benzene rings is 1. The van der Waals surface area contributed by atoms with Crippen LogP contribution in [0.25, 0.3) is 0 Å². The Morgan fingerprint density at radius 2 is 2.04 bits per heavy atom. The van der Waals surface area contributed by atoms with Crippen LogP contribution in [0.2, 0.25) is 0 Å². The van der Waals surface area contributed by atoms with Crippen molar-refractivity contribution in [1.82, 2.24) is 5.16 Å². The summed E-state index contributed by atoms with van der Waals surface area (Å²) in [7, 11) is 1.66. The van der Waals surface area contributed by atoms with Gasteiger partial charge in [0.2, 0.25) is 5.88 Å². The highest BCUT2D eigenvalue weighted by Gasteiger charge is 2.41. The Bertz CT molecular complexity index is 1060. The van der Waals surface area contributed by atoms with E-state index in [2.05, 4.69) is 16.5 Å². The molecule has 0 fully saturated rings. The molecule has 1 aliphatic carbocycles. The Balaban J connectivity index is 1.56. The summed E-state index contributed by atoms with van der Waals surface area (Å²) >= 11 is 1.67. The molecule has 1 aliphatic heterocycles. The molecule has 1 N–H and O–H groups in total. The third-order valence-electron chi connectivity index (χ3n) is 5.67. The smallest absolute Gasteiger partial charge is 0.233 e. The van der Waals surface area contributed by atoms with E-state index in [1.165, 1.54) is 0 Å². The van der Waals surface area contributed by atoms with Crippen LogP contribution in [-0.2, 0) is 4.79 Å². The summed E-state index contributed by atoms with van der Waals surface area (Å²) in [4.78, 5) is 14.5. The van der Waals surface area contributed by atoms with E-state index in [4.69, 9.17) is 9.26 Å². The van der Waals surface area contributed by atoms with Crippen molar-refractivity contribution in [1.29, 1.82) is 0 Å². The van der Waals surface area contributed by atoms with E-state index in [-0.39, 0.29) is 17.6 Å². The molecule has 5 rings (SSSR count). The highest BCUT2D eigenvalue weighted by Crippen LogP contribution is 2.49. The van der Waals surface area contributed by atoms with E-state index in [1.807, 2.05) is 42.6 Å². The minimum atomic E-state index is -0.0955. The predicted molar refractivity (Wildman–Crippen MR) is 108 cm³/mol. The van der Waals surface area contributed by atoms with Crippen LogP contribution >= 0.6 is 11.3 Å². The standard InChI is InChI=1S/C22H20N2O3S/c1-12-19-21(18-4-3-9-28-18)20-16(23-22(19)27-24-12)10-14(11-17(20)25)13-5-7-15(26-2)8-6-13/h3-9,14,21,23H,10-11H2,1-2H3/t14-,21-/m0/s1. The quantitative estimate of drug-likeness (QED) is 0.679. The van der Waals surface area contributed by atoms with E-state index >= 15 is 0 Å². The van der Waals surface area contributed by atoms with Gasteiger partial charge >= 0.3 is 0 Å². The zero-order valence-electron chi connectivity index (χ0n) is 15.7. The van der Waals surface area contributed by atoms with Crippen LogP contribution in [0.3, 0.4) is 0 Å². The molecule has 2 atom stereocenters. The number of carbonyl (C=O) groups is 1. The van der Waals surface area contributed by atoms with Gasteiger partial charge in [0, 0.05) is 22.6 Å². The number of ketones is 1. The van der Waals surface area contributed by atoms with Gasteiger partial charge in [-0.3, -0.25) is 4.79 Å². The summed E-state index contributed by atoms with van der Waals surface area (Å²) in [6.07, 6.45) is 1.28. The predicted octanol–water partition coefficient (Wildman–Crippen LogP) is 5.01. The van der Waals surface area contributed by atoms with Gasteiger partial charge in [0.25, 0.3) is 0 Å². The lowest BCUT2D eigenvalue weighted by atomic mass is 9.74. The van der Waals surface area contributed by atoms with Crippen molar-refractivity contribution in [3.05, 3.63) is 74.7 Å². The first kappa shape index (κ1) is 17.3. The second-order valence-electron chi connectivity index (χ2n) is 7.28. The summed E-state index contributed by atoms with van der Waals surface area (Å²) in [6.45, 7) is 1.93. The number of allylic oxidation sites excluding steroid dienone is 2. The normalized spacial score (nSPS) is 21.1. The number of hydrogen-bond acceptors (Lipinski definition) is 6. The number of ether oxygens (including phenoxy) is 1. The van der Waals surface area contributed by atoms with Crippen LogP contribution in [-0.4, -0.2) is 18.0 Å². The second-order valence-corrected chi connectivity index (χ2v) is 8.26. The molecule has 28 heavy (non-hydrogen) atoms. The number of carbonyl (C=O) groups excluding carboxylic acids is 1. The SMILES string of the molecule is COc1ccc([C@@H]2CC(=O)C3=C(C2)Nc2onc(C)c2[C@@H]3c2cccs2)cc1. The maximum absolute atomic E-state index is 13.3. The van der Waals surface area contributed by atoms with Crippen LogP contribution in [0.5, 0.6) is 5.75 Å². The summed E-state index contributed by atoms with van der Waals surface area (Å²) in [5, 5.41) is 9.58. The van der Waals surface area contributed by atoms with Gasteiger partial charge in [-0.1, -0.05) is 23.4 Å². The van der Waals surface area contributed by atoms with Gasteiger partial charge in [-0.15, -0.1) is 11.3 Å². The first-order valence-corrected chi connectivity index (χ1v) is 10.2. The lowest BCUT2D eigenvalue weighted by Crippen LogP contribution is -2.29. The van der Waals surface area contributed by atoms with Gasteiger partial charge in [0.1, 0.15) is 5.75 Å². The first-order valence-electron chi connectivity index (χ1n) is 9.32. The highest BCUT2D eigenvalue weighted by molar-refractivity contribution is 7.10. The average Bonchev–Trinajstić information content (AvgIpc) is 3.37. The Labute approximate surface area is 167 Å². The van der Waals surface area contributed by atoms with Gasteiger partial charge in [0.15, 0.2) is 5.78 Å². The maximum Gasteiger partial charge on any atom is 0.233 e. The summed E-state index contributed by atoms with van der Waals surface area (Å²) in [5.41, 5.74) is 4.79. The van der Waals surface area contributed by atoms with Crippen LogP contribution < -0.4 is 10.1 Å². The Hall–Kier alpha value is -2.86. The molecular formula is C22H20N2O3S. The molecular weight excluding hydrogens is 372 g/mol. The molecule has 0 bridgehead atoms. The van der Waals surface area contributed by atoms with Crippen molar-refractivity contribution in [2.45, 2.75) is 31.6 Å². The van der Waals surface area contributed by atoms with Gasteiger partial charge in [-0.2, -0.15) is 0 Å². The molecule has 0 radical (unpaired) electrons. The van der Waals surface area contributed by atoms with Crippen molar-refractivity contribution in [2.24, 2.45) is 0 Å². The number of methoxy groups -OCH3 is 1. The fraction of sp³-hybridized carbons (Fsp3) is 0.273. The molecule has 3 aromatic rings. The van der Waals surface area contributed by atoms with E-state index < -0.39 is 0 Å². The van der Waals surface area contributed by atoms with Crippen molar-refractivity contribution in [3.8, 4) is 5.75 Å². The monoisotopic (exact) mass is 392 g/mol. The molecule has 0 spiro atoms. The fourth-order valence-electron chi connectivity index (χ4n) is 4.32. The number of aromatic nitrogens is 1. The number of Topliss-reactive ketones (excluding diaryl/α,β-unsaturated/α-hetero) is 1. The average molecular weight is 392 g/mol. The second kappa shape index (κ2) is 6.63. The van der Waals surface area contributed by atoms with Crippen LogP contribution in [0, 0.1) is 6.92 Å². The Morgan fingerprint density at radius 1 is 1.21 bits per heavy atom. The largest absolute Gasteiger partial charge is 0.497 e. The summed E-state index contributed by atoms with van der Waals surface area (Å²) < 4.78 is 10.8. The lowest BCUT2D eigenvalue weighted by Gasteiger charge is -2.34. The van der Waals surface area contributed by atoms with Crippen molar-refractivity contribution >= 4 is 23.0 Å². The third-order valence-corrected chi connectivity index (χ3v) is 6.61. The number of thiophene rings is 1. The van der Waals surface area contributed by atoms with Gasteiger partial charge in [0.05, 0.1) is 24.3 Å². The summed E-state index contributed by atoms with van der Waals surface area (Å²) in [6, 6.07) is 12.1. The zero-order chi connectivity index (χ0) is 19.3. The van der Waals surface area contributed by atoms with Crippen LogP contribution in [0.4, 0.5) is 5.88 Å². The van der Waals surface area contributed by atoms with E-state index in [9.17, 15) is 4.79 Å². The van der Waals surface area contributed by atoms with Gasteiger partial charge in [-0.25, -0.2) is 0 Å². The van der Waals surface area contributed by atoms with E-state index in [0.29, 0.717) is 12.3 Å². The minimum absolute atomic E-state index is 0.0955. The molecule has 6 heteroatoms. The third kappa shape index (κ3) is 2.67. The number of aryl methyl sites for hydroxylation is 1. The fourth-order valence-corrected chi connectivity index (χ4v) is 5.17. The van der Waals surface area contributed by atoms with Gasteiger partial charge in [-0.05, 0) is 48.4 Å². The zero-order valence-corrected chi connectivity index (χ0v) is 16.5.